The minimum absolute atomic E-state index is 0.0756. The second-order valence-corrected chi connectivity index (χ2v) is 6.03. The monoisotopic (exact) mass is 264 g/mol. The number of hydrogen-bond donors (Lipinski definition) is 1. The van der Waals surface area contributed by atoms with Crippen molar-refractivity contribution in [2.75, 3.05) is 13.1 Å². The first-order chi connectivity index (χ1) is 9.05. The van der Waals surface area contributed by atoms with Crippen molar-refractivity contribution in [1.82, 2.24) is 10.1 Å². The Kier molecular flexibility index (Phi) is 3.09. The summed E-state index contributed by atoms with van der Waals surface area (Å²) in [6.07, 6.45) is 4.45. The molecule has 2 heterocycles. The van der Waals surface area contributed by atoms with Crippen LogP contribution in [0.2, 0.25) is 0 Å². The van der Waals surface area contributed by atoms with Gasteiger partial charge in [0.1, 0.15) is 5.76 Å². The minimum Gasteiger partial charge on any atom is -0.390 e. The fourth-order valence-electron chi connectivity index (χ4n) is 2.58. The summed E-state index contributed by atoms with van der Waals surface area (Å²) in [7, 11) is 0. The van der Waals surface area contributed by atoms with E-state index in [1.807, 2.05) is 6.92 Å². The number of likely N-dealkylation sites (tertiary alicyclic amines) is 1. The molecule has 5 heteroatoms. The Bertz CT molecular complexity index is 477. The topological polar surface area (TPSA) is 66.6 Å². The molecule has 1 aliphatic heterocycles. The Morgan fingerprint density at radius 2 is 2.26 bits per heavy atom. The summed E-state index contributed by atoms with van der Waals surface area (Å²) in [6, 6.07) is 1.78. The van der Waals surface area contributed by atoms with Crippen LogP contribution in [0.25, 0.3) is 0 Å². The summed E-state index contributed by atoms with van der Waals surface area (Å²) in [5.41, 5.74) is -0.249. The zero-order valence-electron chi connectivity index (χ0n) is 11.3. The van der Waals surface area contributed by atoms with Gasteiger partial charge in [0.25, 0.3) is 5.91 Å². The second kappa shape index (κ2) is 4.63. The first-order valence-corrected chi connectivity index (χ1v) is 7.03. The van der Waals surface area contributed by atoms with Gasteiger partial charge in [-0.2, -0.15) is 0 Å². The molecule has 19 heavy (non-hydrogen) atoms. The molecule has 0 radical (unpaired) electrons. The molecule has 1 aliphatic carbocycles. The molecule has 1 aromatic heterocycles. The molecule has 5 nitrogen and oxygen atoms in total. The normalized spacial score (nSPS) is 28.2. The molecule has 1 aromatic rings. The number of aliphatic hydroxyl groups is 1. The summed E-state index contributed by atoms with van der Waals surface area (Å²) in [5.74, 6) is 1.23. The first-order valence-electron chi connectivity index (χ1n) is 7.03. The van der Waals surface area contributed by atoms with Crippen molar-refractivity contribution >= 4 is 5.91 Å². The maximum atomic E-state index is 12.3. The SMILES string of the molecule is CC1(O)CCCN(C(=O)c2cc(C3CC3)on2)CC1. The van der Waals surface area contributed by atoms with Crippen LogP contribution in [-0.4, -0.2) is 39.8 Å². The molecule has 1 atom stereocenters. The molecule has 1 saturated carbocycles. The average molecular weight is 264 g/mol. The Morgan fingerprint density at radius 1 is 1.47 bits per heavy atom. The highest BCUT2D eigenvalue weighted by Gasteiger charge is 2.31. The molecule has 1 saturated heterocycles. The Morgan fingerprint density at radius 3 is 3.00 bits per heavy atom. The van der Waals surface area contributed by atoms with Gasteiger partial charge in [-0.15, -0.1) is 0 Å². The number of hydrogen-bond acceptors (Lipinski definition) is 4. The minimum atomic E-state index is -0.655. The van der Waals surface area contributed by atoms with Crippen LogP contribution in [0.15, 0.2) is 10.6 Å². The summed E-state index contributed by atoms with van der Waals surface area (Å²) in [5, 5.41) is 13.9. The standard InChI is InChI=1S/C14H20N2O3/c1-14(18)5-2-7-16(8-6-14)13(17)11-9-12(19-15-11)10-3-4-10/h9-10,18H,2-8H2,1H3. The zero-order chi connectivity index (χ0) is 13.5. The van der Waals surface area contributed by atoms with Crippen molar-refractivity contribution < 1.29 is 14.4 Å². The number of carbonyl (C=O) groups excluding carboxylic acids is 1. The predicted molar refractivity (Wildman–Crippen MR) is 68.9 cm³/mol. The molecule has 2 aliphatic rings. The summed E-state index contributed by atoms with van der Waals surface area (Å²) < 4.78 is 5.23. The molecule has 1 N–H and O–H groups in total. The van der Waals surface area contributed by atoms with Crippen molar-refractivity contribution in [1.29, 1.82) is 0 Å². The lowest BCUT2D eigenvalue weighted by molar-refractivity contribution is 0.0437. The lowest BCUT2D eigenvalue weighted by Crippen LogP contribution is -2.33. The highest BCUT2D eigenvalue weighted by Crippen LogP contribution is 2.40. The van der Waals surface area contributed by atoms with Gasteiger partial charge in [0.05, 0.1) is 5.60 Å². The van der Waals surface area contributed by atoms with Crippen molar-refractivity contribution in [2.45, 2.75) is 50.5 Å². The molecule has 104 valence electrons. The van der Waals surface area contributed by atoms with E-state index in [-0.39, 0.29) is 5.91 Å². The lowest BCUT2D eigenvalue weighted by Gasteiger charge is -2.21. The molecule has 3 rings (SSSR count). The molecule has 0 bridgehead atoms. The summed E-state index contributed by atoms with van der Waals surface area (Å²) >= 11 is 0. The van der Waals surface area contributed by atoms with Crippen molar-refractivity contribution in [3.63, 3.8) is 0 Å². The van der Waals surface area contributed by atoms with Crippen LogP contribution in [0, 0.1) is 0 Å². The van der Waals surface area contributed by atoms with Gasteiger partial charge < -0.3 is 14.5 Å². The maximum absolute atomic E-state index is 12.3. The van der Waals surface area contributed by atoms with E-state index >= 15 is 0 Å². The van der Waals surface area contributed by atoms with Crippen LogP contribution in [0.1, 0.15) is 61.2 Å². The van der Waals surface area contributed by atoms with E-state index in [1.165, 1.54) is 0 Å². The van der Waals surface area contributed by atoms with Crippen molar-refractivity contribution in [3.05, 3.63) is 17.5 Å². The van der Waals surface area contributed by atoms with Gasteiger partial charge in [0, 0.05) is 25.1 Å². The van der Waals surface area contributed by atoms with Crippen LogP contribution in [0.5, 0.6) is 0 Å². The number of aromatic nitrogens is 1. The van der Waals surface area contributed by atoms with Gasteiger partial charge in [-0.25, -0.2) is 0 Å². The molecule has 0 spiro atoms. The summed E-state index contributed by atoms with van der Waals surface area (Å²) in [6.45, 7) is 3.10. The van der Waals surface area contributed by atoms with Gasteiger partial charge in [-0.1, -0.05) is 5.16 Å². The predicted octanol–water partition coefficient (Wildman–Crippen LogP) is 1.93. The third-order valence-corrected chi connectivity index (χ3v) is 4.08. The van der Waals surface area contributed by atoms with Gasteiger partial charge in [0.15, 0.2) is 5.69 Å². The quantitative estimate of drug-likeness (QED) is 0.886. The third-order valence-electron chi connectivity index (χ3n) is 4.08. The molecule has 1 amide bonds. The van der Waals surface area contributed by atoms with E-state index in [4.69, 9.17) is 4.52 Å². The number of carbonyl (C=O) groups is 1. The van der Waals surface area contributed by atoms with Crippen molar-refractivity contribution in [3.8, 4) is 0 Å². The van der Waals surface area contributed by atoms with Crippen LogP contribution in [0.4, 0.5) is 0 Å². The van der Waals surface area contributed by atoms with E-state index in [2.05, 4.69) is 5.16 Å². The highest BCUT2D eigenvalue weighted by molar-refractivity contribution is 5.92. The van der Waals surface area contributed by atoms with E-state index in [1.54, 1.807) is 11.0 Å². The summed E-state index contributed by atoms with van der Waals surface area (Å²) in [4.78, 5) is 14.1. The zero-order valence-corrected chi connectivity index (χ0v) is 11.3. The smallest absolute Gasteiger partial charge is 0.276 e. The van der Waals surface area contributed by atoms with E-state index in [0.717, 1.165) is 31.4 Å². The Balaban J connectivity index is 1.68. The second-order valence-electron chi connectivity index (χ2n) is 6.03. The number of amides is 1. The number of rotatable bonds is 2. The molecular formula is C14H20N2O3. The molecule has 2 fully saturated rings. The van der Waals surface area contributed by atoms with E-state index < -0.39 is 5.60 Å². The molecule has 1 unspecified atom stereocenters. The van der Waals surface area contributed by atoms with Crippen LogP contribution in [-0.2, 0) is 0 Å². The highest BCUT2D eigenvalue weighted by atomic mass is 16.5. The van der Waals surface area contributed by atoms with E-state index in [0.29, 0.717) is 31.1 Å². The first kappa shape index (κ1) is 12.7. The van der Waals surface area contributed by atoms with Gasteiger partial charge in [-0.05, 0) is 39.0 Å². The number of nitrogens with zero attached hydrogens (tertiary/aromatic N) is 2. The van der Waals surface area contributed by atoms with Gasteiger partial charge in [-0.3, -0.25) is 4.79 Å². The molecule has 0 aromatic carbocycles. The van der Waals surface area contributed by atoms with E-state index in [9.17, 15) is 9.90 Å². The van der Waals surface area contributed by atoms with Crippen LogP contribution in [0.3, 0.4) is 0 Å². The fourth-order valence-corrected chi connectivity index (χ4v) is 2.58. The van der Waals surface area contributed by atoms with Gasteiger partial charge in [0.2, 0.25) is 0 Å². The molecular weight excluding hydrogens is 244 g/mol. The third kappa shape index (κ3) is 2.81. The maximum Gasteiger partial charge on any atom is 0.276 e. The largest absolute Gasteiger partial charge is 0.390 e. The van der Waals surface area contributed by atoms with Crippen LogP contribution < -0.4 is 0 Å². The van der Waals surface area contributed by atoms with Crippen molar-refractivity contribution in [2.24, 2.45) is 0 Å². The Hall–Kier alpha value is -1.36. The fraction of sp³-hybridized carbons (Fsp3) is 0.714. The van der Waals surface area contributed by atoms with Crippen LogP contribution >= 0.6 is 0 Å². The Labute approximate surface area is 112 Å². The average Bonchev–Trinajstić information content (AvgIpc) is 3.13. The van der Waals surface area contributed by atoms with Gasteiger partial charge >= 0.3 is 0 Å². The lowest BCUT2D eigenvalue weighted by atomic mass is 9.98.